The van der Waals surface area contributed by atoms with E-state index in [0.29, 0.717) is 17.1 Å². The number of likely N-dealkylation sites (N-methyl/N-ethyl adjacent to an activating group) is 1. The zero-order chi connectivity index (χ0) is 21.5. The summed E-state index contributed by atoms with van der Waals surface area (Å²) in [5, 5.41) is 9.86. The molecule has 1 aliphatic carbocycles. The molecule has 1 heterocycles. The minimum atomic E-state index is -1.34. The van der Waals surface area contributed by atoms with E-state index in [4.69, 9.17) is 22.1 Å². The van der Waals surface area contributed by atoms with E-state index < -0.39 is 17.2 Å². The molecule has 0 saturated heterocycles. The molecule has 0 unspecified atom stereocenters. The van der Waals surface area contributed by atoms with Crippen LogP contribution in [0.3, 0.4) is 0 Å². The number of fused-ring (bicyclic) bond motifs is 1. The summed E-state index contributed by atoms with van der Waals surface area (Å²) in [5.41, 5.74) is 5.77. The smallest absolute Gasteiger partial charge is 0.341 e. The van der Waals surface area contributed by atoms with Crippen LogP contribution in [-0.2, 0) is 0 Å². The van der Waals surface area contributed by atoms with Crippen LogP contribution in [0.15, 0.2) is 27.7 Å². The van der Waals surface area contributed by atoms with Crippen molar-refractivity contribution in [2.45, 2.75) is 25.8 Å². The first-order valence-electron chi connectivity index (χ1n) is 9.15. The number of rotatable bonds is 7. The molecular weight excluding hydrogens is 401 g/mol. The van der Waals surface area contributed by atoms with E-state index in [9.17, 15) is 14.7 Å². The Labute approximate surface area is 172 Å². The van der Waals surface area contributed by atoms with Gasteiger partial charge in [0.15, 0.2) is 11.6 Å². The van der Waals surface area contributed by atoms with Crippen molar-refractivity contribution in [2.75, 3.05) is 32.1 Å². The second-order valence-electron chi connectivity index (χ2n) is 7.20. The normalized spacial score (nSPS) is 14.7. The summed E-state index contributed by atoms with van der Waals surface area (Å²) < 4.78 is 22.4. The van der Waals surface area contributed by atoms with Crippen LogP contribution in [-0.4, -0.2) is 42.9 Å². The molecule has 1 saturated carbocycles. The molecule has 0 aliphatic heterocycles. The van der Waals surface area contributed by atoms with Gasteiger partial charge in [0, 0.05) is 37.4 Å². The molecule has 0 spiro atoms. The Balaban J connectivity index is 2.30. The second kappa shape index (κ2) is 8.04. The summed E-state index contributed by atoms with van der Waals surface area (Å²) in [7, 11) is 3.08. The van der Waals surface area contributed by atoms with Gasteiger partial charge in [0.05, 0.1) is 18.0 Å². The van der Waals surface area contributed by atoms with Crippen molar-refractivity contribution in [1.82, 2.24) is 4.57 Å². The molecule has 1 fully saturated rings. The molecular formula is C20H23ClFN3O4. The van der Waals surface area contributed by atoms with Gasteiger partial charge < -0.3 is 25.0 Å². The highest BCUT2D eigenvalue weighted by Crippen LogP contribution is 2.43. The number of aromatic nitrogens is 1. The summed E-state index contributed by atoms with van der Waals surface area (Å²) in [6, 6.07) is 1.13. The van der Waals surface area contributed by atoms with Crippen LogP contribution in [0.25, 0.3) is 10.9 Å². The number of ether oxygens (including phenoxy) is 1. The zero-order valence-corrected chi connectivity index (χ0v) is 17.2. The Hall–Kier alpha value is -2.58. The molecule has 29 heavy (non-hydrogen) atoms. The summed E-state index contributed by atoms with van der Waals surface area (Å²) in [6.07, 6.45) is 3.01. The van der Waals surface area contributed by atoms with Crippen LogP contribution in [0.1, 0.15) is 36.2 Å². The number of carboxylic acids is 1. The van der Waals surface area contributed by atoms with Gasteiger partial charge in [-0.1, -0.05) is 11.6 Å². The van der Waals surface area contributed by atoms with E-state index in [2.05, 4.69) is 0 Å². The van der Waals surface area contributed by atoms with Gasteiger partial charge >= 0.3 is 5.97 Å². The number of pyridine rings is 1. The van der Waals surface area contributed by atoms with Crippen molar-refractivity contribution < 1.29 is 19.0 Å². The van der Waals surface area contributed by atoms with Gasteiger partial charge in [-0.25, -0.2) is 9.18 Å². The van der Waals surface area contributed by atoms with Crippen molar-refractivity contribution in [2.24, 2.45) is 5.73 Å². The third kappa shape index (κ3) is 3.82. The van der Waals surface area contributed by atoms with Gasteiger partial charge in [0.25, 0.3) is 0 Å². The van der Waals surface area contributed by atoms with Crippen LogP contribution in [0.2, 0.25) is 0 Å². The molecule has 0 radical (unpaired) electrons. The van der Waals surface area contributed by atoms with Gasteiger partial charge in [-0.05, 0) is 31.4 Å². The fourth-order valence-electron chi connectivity index (χ4n) is 3.48. The minimum Gasteiger partial charge on any atom is -0.492 e. The summed E-state index contributed by atoms with van der Waals surface area (Å²) in [4.78, 5) is 25.9. The number of aromatic carboxylic acids is 1. The molecule has 156 valence electrons. The average molecular weight is 424 g/mol. The lowest BCUT2D eigenvalue weighted by atomic mass is 10.1. The lowest BCUT2D eigenvalue weighted by molar-refractivity contribution is 0.0695. The van der Waals surface area contributed by atoms with Crippen LogP contribution in [0.4, 0.5) is 10.1 Å². The first kappa shape index (κ1) is 21.1. The fraction of sp³-hybridized carbons (Fsp3) is 0.400. The standard InChI is InChI=1S/C20H23ClFN3O4/c1-10(14(21)7-23)8-24(2)17-15(22)6-12-16(19(17)29-3)25(11-4-5-11)9-13(18(12)26)20(27)28/h6,9,11H,4-5,7-8,23H2,1-3H3,(H,27,28)/b14-10+. The maximum absolute atomic E-state index is 15.1. The van der Waals surface area contributed by atoms with Crippen LogP contribution in [0.5, 0.6) is 5.75 Å². The molecule has 9 heteroatoms. The first-order chi connectivity index (χ1) is 13.7. The van der Waals surface area contributed by atoms with Gasteiger partial charge in [-0.3, -0.25) is 4.79 Å². The van der Waals surface area contributed by atoms with Crippen LogP contribution >= 0.6 is 11.6 Å². The van der Waals surface area contributed by atoms with Crippen molar-refractivity contribution >= 4 is 34.2 Å². The third-order valence-electron chi connectivity index (χ3n) is 5.07. The maximum atomic E-state index is 15.1. The Bertz CT molecular complexity index is 1080. The first-order valence-corrected chi connectivity index (χ1v) is 9.53. The van der Waals surface area contributed by atoms with E-state index in [0.717, 1.165) is 24.5 Å². The Morgan fingerprint density at radius 1 is 1.48 bits per heavy atom. The van der Waals surface area contributed by atoms with E-state index in [1.807, 2.05) is 0 Å². The lowest BCUT2D eigenvalue weighted by Crippen LogP contribution is -2.24. The SMILES string of the molecule is COc1c(N(C)C/C(C)=C(/Cl)CN)c(F)cc2c(=O)c(C(=O)O)cn(C3CC3)c12. The predicted molar refractivity (Wildman–Crippen MR) is 111 cm³/mol. The molecule has 3 N–H and O–H groups in total. The summed E-state index contributed by atoms with van der Waals surface area (Å²) >= 11 is 6.10. The minimum absolute atomic E-state index is 0.0180. The summed E-state index contributed by atoms with van der Waals surface area (Å²) in [6.45, 7) is 2.28. The number of carbonyl (C=O) groups is 1. The van der Waals surface area contributed by atoms with Gasteiger partial charge in [-0.15, -0.1) is 0 Å². The molecule has 2 aromatic rings. The number of hydrogen-bond acceptors (Lipinski definition) is 5. The molecule has 0 bridgehead atoms. The molecule has 1 aromatic heterocycles. The monoisotopic (exact) mass is 423 g/mol. The van der Waals surface area contributed by atoms with E-state index in [1.54, 1.807) is 23.4 Å². The number of nitrogens with zero attached hydrogens (tertiary/aromatic N) is 2. The zero-order valence-electron chi connectivity index (χ0n) is 16.5. The molecule has 3 rings (SSSR count). The Morgan fingerprint density at radius 3 is 2.66 bits per heavy atom. The Kier molecular flexibility index (Phi) is 5.86. The number of methoxy groups -OCH3 is 1. The highest BCUT2D eigenvalue weighted by molar-refractivity contribution is 6.30. The second-order valence-corrected chi connectivity index (χ2v) is 7.65. The molecule has 7 nitrogen and oxygen atoms in total. The number of anilines is 1. The highest BCUT2D eigenvalue weighted by Gasteiger charge is 2.30. The molecule has 1 aliphatic rings. The number of hydrogen-bond donors (Lipinski definition) is 2. The van der Waals surface area contributed by atoms with Crippen molar-refractivity contribution in [3.63, 3.8) is 0 Å². The van der Waals surface area contributed by atoms with Crippen molar-refractivity contribution in [3.8, 4) is 5.75 Å². The van der Waals surface area contributed by atoms with E-state index >= 15 is 4.39 Å². The van der Waals surface area contributed by atoms with Gasteiger partial charge in [0.2, 0.25) is 5.43 Å². The topological polar surface area (TPSA) is 97.8 Å². The lowest BCUT2D eigenvalue weighted by Gasteiger charge is -2.25. The summed E-state index contributed by atoms with van der Waals surface area (Å²) in [5.74, 6) is -1.85. The molecule has 0 atom stereocenters. The van der Waals surface area contributed by atoms with Crippen LogP contribution in [0, 0.1) is 5.82 Å². The Morgan fingerprint density at radius 2 is 2.14 bits per heavy atom. The third-order valence-corrected chi connectivity index (χ3v) is 5.55. The number of nitrogens with two attached hydrogens (primary N) is 1. The van der Waals surface area contributed by atoms with Gasteiger partial charge in [0.1, 0.15) is 11.3 Å². The van der Waals surface area contributed by atoms with E-state index in [-0.39, 0.29) is 35.0 Å². The number of carboxylic acid groups (broad SMARTS) is 1. The quantitative estimate of drug-likeness (QED) is 0.710. The number of benzene rings is 1. The fourth-order valence-corrected chi connectivity index (χ4v) is 3.54. The molecule has 1 aromatic carbocycles. The highest BCUT2D eigenvalue weighted by atomic mass is 35.5. The molecule has 0 amide bonds. The largest absolute Gasteiger partial charge is 0.492 e. The van der Waals surface area contributed by atoms with Gasteiger partial charge in [-0.2, -0.15) is 0 Å². The van der Waals surface area contributed by atoms with Crippen molar-refractivity contribution in [3.05, 3.63) is 44.5 Å². The maximum Gasteiger partial charge on any atom is 0.341 e. The number of halogens is 2. The average Bonchev–Trinajstić information content (AvgIpc) is 3.51. The van der Waals surface area contributed by atoms with Crippen LogP contribution < -0.4 is 20.8 Å². The van der Waals surface area contributed by atoms with E-state index in [1.165, 1.54) is 13.3 Å². The predicted octanol–water partition coefficient (Wildman–Crippen LogP) is 3.09. The van der Waals surface area contributed by atoms with Crippen molar-refractivity contribution in [1.29, 1.82) is 0 Å².